The van der Waals surface area contributed by atoms with E-state index in [4.69, 9.17) is 0 Å². The molecule has 0 fully saturated rings. The zero-order valence-electron chi connectivity index (χ0n) is 8.59. The molecule has 0 heterocycles. The predicted octanol–water partition coefficient (Wildman–Crippen LogP) is 2.01. The topological polar surface area (TPSA) is 103 Å². The van der Waals surface area contributed by atoms with E-state index < -0.39 is 27.0 Å². The summed E-state index contributed by atoms with van der Waals surface area (Å²) in [6.07, 6.45) is 0. The number of nitro benzene ring substituents is 2. The maximum atomic E-state index is 11.2. The van der Waals surface area contributed by atoms with Gasteiger partial charge >= 0.3 is 0 Å². The third kappa shape index (κ3) is 2.02. The van der Waals surface area contributed by atoms with Gasteiger partial charge < -0.3 is 0 Å². The van der Waals surface area contributed by atoms with E-state index in [-0.39, 0.29) is 11.1 Å². The standard InChI is InChI=1S/C9H8N2O5/c1-5-8(6(2)12)3-7(10(13)14)4-9(5)11(15)16/h3-4H,1-2H3. The van der Waals surface area contributed by atoms with E-state index in [9.17, 15) is 25.0 Å². The van der Waals surface area contributed by atoms with Crippen LogP contribution in [-0.2, 0) is 0 Å². The molecule has 7 nitrogen and oxygen atoms in total. The zero-order chi connectivity index (χ0) is 12.5. The fraction of sp³-hybridized carbons (Fsp3) is 0.222. The second-order valence-electron chi connectivity index (χ2n) is 3.21. The van der Waals surface area contributed by atoms with E-state index in [2.05, 4.69) is 0 Å². The summed E-state index contributed by atoms with van der Waals surface area (Å²) >= 11 is 0. The van der Waals surface area contributed by atoms with Crippen LogP contribution in [0.15, 0.2) is 12.1 Å². The fourth-order valence-electron chi connectivity index (χ4n) is 1.34. The molecular weight excluding hydrogens is 216 g/mol. The van der Waals surface area contributed by atoms with Gasteiger partial charge in [-0.2, -0.15) is 0 Å². The number of ketones is 1. The van der Waals surface area contributed by atoms with Crippen molar-refractivity contribution in [2.24, 2.45) is 0 Å². The Labute approximate surface area is 90.0 Å². The molecule has 0 aliphatic carbocycles. The lowest BCUT2D eigenvalue weighted by Gasteiger charge is -2.02. The molecule has 0 unspecified atom stereocenters. The first-order valence-electron chi connectivity index (χ1n) is 4.29. The number of nitrogens with zero attached hydrogens (tertiary/aromatic N) is 2. The Bertz CT molecular complexity index is 460. The number of nitro groups is 2. The van der Waals surface area contributed by atoms with Gasteiger partial charge in [-0.25, -0.2) is 0 Å². The summed E-state index contributed by atoms with van der Waals surface area (Å²) in [5.74, 6) is -0.440. The first-order chi connectivity index (χ1) is 7.34. The quantitative estimate of drug-likeness (QED) is 0.443. The van der Waals surface area contributed by atoms with E-state index in [0.29, 0.717) is 0 Å². The number of non-ortho nitro benzene ring substituents is 1. The van der Waals surface area contributed by atoms with Crippen LogP contribution in [0.2, 0.25) is 0 Å². The van der Waals surface area contributed by atoms with Gasteiger partial charge in [0.15, 0.2) is 5.78 Å². The minimum Gasteiger partial charge on any atom is -0.294 e. The summed E-state index contributed by atoms with van der Waals surface area (Å²) in [7, 11) is 0. The Balaban J connectivity index is 3.57. The first-order valence-corrected chi connectivity index (χ1v) is 4.29. The number of benzene rings is 1. The summed E-state index contributed by atoms with van der Waals surface area (Å²) in [6.45, 7) is 2.59. The Kier molecular flexibility index (Phi) is 2.98. The predicted molar refractivity (Wildman–Crippen MR) is 54.5 cm³/mol. The number of rotatable bonds is 3. The Hall–Kier alpha value is -2.31. The van der Waals surface area contributed by atoms with Crippen molar-refractivity contribution in [1.82, 2.24) is 0 Å². The van der Waals surface area contributed by atoms with E-state index in [1.807, 2.05) is 0 Å². The first kappa shape index (κ1) is 11.8. The van der Waals surface area contributed by atoms with Crippen LogP contribution in [0.5, 0.6) is 0 Å². The normalized spacial score (nSPS) is 9.88. The van der Waals surface area contributed by atoms with Crippen molar-refractivity contribution < 1.29 is 14.6 Å². The van der Waals surface area contributed by atoms with Gasteiger partial charge in [0, 0.05) is 17.2 Å². The van der Waals surface area contributed by atoms with E-state index in [1.165, 1.54) is 13.8 Å². The van der Waals surface area contributed by atoms with E-state index >= 15 is 0 Å². The molecule has 84 valence electrons. The molecule has 0 aliphatic heterocycles. The number of carbonyl (C=O) groups excluding carboxylic acids is 1. The molecule has 0 aromatic heterocycles. The summed E-state index contributed by atoms with van der Waals surface area (Å²) < 4.78 is 0. The highest BCUT2D eigenvalue weighted by Gasteiger charge is 2.22. The van der Waals surface area contributed by atoms with Crippen LogP contribution in [0.25, 0.3) is 0 Å². The minimum atomic E-state index is -0.765. The molecule has 0 atom stereocenters. The second kappa shape index (κ2) is 4.05. The molecule has 0 N–H and O–H groups in total. The fourth-order valence-corrected chi connectivity index (χ4v) is 1.34. The molecule has 1 rings (SSSR count). The zero-order valence-corrected chi connectivity index (χ0v) is 8.59. The third-order valence-electron chi connectivity index (χ3n) is 2.15. The lowest BCUT2D eigenvalue weighted by molar-refractivity contribution is -0.394. The van der Waals surface area contributed by atoms with Gasteiger partial charge in [-0.1, -0.05) is 0 Å². The number of carbonyl (C=O) groups is 1. The lowest BCUT2D eigenvalue weighted by Crippen LogP contribution is -2.03. The molecule has 0 saturated carbocycles. The Morgan fingerprint density at radius 2 is 1.75 bits per heavy atom. The third-order valence-corrected chi connectivity index (χ3v) is 2.15. The van der Waals surface area contributed by atoms with Gasteiger partial charge in [0.05, 0.1) is 15.9 Å². The van der Waals surface area contributed by atoms with Gasteiger partial charge in [0.25, 0.3) is 11.4 Å². The van der Waals surface area contributed by atoms with Crippen LogP contribution < -0.4 is 0 Å². The molecule has 16 heavy (non-hydrogen) atoms. The van der Waals surface area contributed by atoms with Crippen LogP contribution in [0.4, 0.5) is 11.4 Å². The molecular formula is C9H8N2O5. The highest BCUT2D eigenvalue weighted by atomic mass is 16.6. The SMILES string of the molecule is CC(=O)c1cc([N+](=O)[O-])cc([N+](=O)[O-])c1C. The number of hydrogen-bond donors (Lipinski definition) is 0. The second-order valence-corrected chi connectivity index (χ2v) is 3.21. The lowest BCUT2D eigenvalue weighted by atomic mass is 10.0. The van der Waals surface area contributed by atoms with Crippen LogP contribution in [0.1, 0.15) is 22.8 Å². The van der Waals surface area contributed by atoms with Crippen molar-refractivity contribution in [3.8, 4) is 0 Å². The van der Waals surface area contributed by atoms with Gasteiger partial charge in [-0.15, -0.1) is 0 Å². The van der Waals surface area contributed by atoms with Crippen LogP contribution in [0, 0.1) is 27.2 Å². The molecule has 7 heteroatoms. The highest BCUT2D eigenvalue weighted by Crippen LogP contribution is 2.28. The van der Waals surface area contributed by atoms with Crippen molar-refractivity contribution in [2.75, 3.05) is 0 Å². The summed E-state index contributed by atoms with van der Waals surface area (Å²) in [5, 5.41) is 21.2. The average molecular weight is 224 g/mol. The van der Waals surface area contributed by atoms with Gasteiger partial charge in [-0.3, -0.25) is 25.0 Å². The summed E-state index contributed by atoms with van der Waals surface area (Å²) in [5.41, 5.74) is -0.731. The molecule has 1 aromatic rings. The molecule has 0 aliphatic rings. The van der Waals surface area contributed by atoms with Gasteiger partial charge in [0.1, 0.15) is 0 Å². The van der Waals surface area contributed by atoms with Crippen LogP contribution in [0.3, 0.4) is 0 Å². The molecule has 0 spiro atoms. The monoisotopic (exact) mass is 224 g/mol. The van der Waals surface area contributed by atoms with E-state index in [1.54, 1.807) is 0 Å². The minimum absolute atomic E-state index is 0.000833. The molecule has 0 amide bonds. The maximum absolute atomic E-state index is 11.2. The average Bonchev–Trinajstić information content (AvgIpc) is 2.16. The van der Waals surface area contributed by atoms with Gasteiger partial charge in [-0.05, 0) is 13.8 Å². The highest BCUT2D eigenvalue weighted by molar-refractivity contribution is 5.97. The molecule has 0 radical (unpaired) electrons. The Morgan fingerprint density at radius 1 is 1.19 bits per heavy atom. The Morgan fingerprint density at radius 3 is 2.12 bits per heavy atom. The largest absolute Gasteiger partial charge is 0.294 e. The van der Waals surface area contributed by atoms with Crippen molar-refractivity contribution in [1.29, 1.82) is 0 Å². The number of hydrogen-bond acceptors (Lipinski definition) is 5. The molecule has 0 bridgehead atoms. The van der Waals surface area contributed by atoms with Crippen LogP contribution >= 0.6 is 0 Å². The molecule has 1 aromatic carbocycles. The van der Waals surface area contributed by atoms with Crippen LogP contribution in [-0.4, -0.2) is 15.6 Å². The molecule has 0 saturated heterocycles. The smallest absolute Gasteiger partial charge is 0.279 e. The summed E-state index contributed by atoms with van der Waals surface area (Å²) in [6, 6.07) is 1.90. The summed E-state index contributed by atoms with van der Waals surface area (Å²) in [4.78, 5) is 30.8. The van der Waals surface area contributed by atoms with Crippen molar-refractivity contribution in [3.05, 3.63) is 43.5 Å². The van der Waals surface area contributed by atoms with Gasteiger partial charge in [0.2, 0.25) is 0 Å². The van der Waals surface area contributed by atoms with E-state index in [0.717, 1.165) is 12.1 Å². The van der Waals surface area contributed by atoms with Crippen molar-refractivity contribution in [2.45, 2.75) is 13.8 Å². The van der Waals surface area contributed by atoms with Crippen molar-refractivity contribution in [3.63, 3.8) is 0 Å². The van der Waals surface area contributed by atoms with Crippen molar-refractivity contribution >= 4 is 17.2 Å². The number of Topliss-reactive ketones (excluding diaryl/α,β-unsaturated/α-hetero) is 1. The maximum Gasteiger partial charge on any atom is 0.279 e.